The van der Waals surface area contributed by atoms with Crippen LogP contribution in [0.2, 0.25) is 5.15 Å². The number of pyridine rings is 1. The van der Waals surface area contributed by atoms with E-state index in [-0.39, 0.29) is 11.3 Å². The molecule has 1 saturated heterocycles. The monoisotopic (exact) mass is 409 g/mol. The van der Waals surface area contributed by atoms with Crippen molar-refractivity contribution < 1.29 is 9.90 Å². The second-order valence-corrected chi connectivity index (χ2v) is 8.86. The lowest BCUT2D eigenvalue weighted by Crippen LogP contribution is -2.36. The fourth-order valence-corrected chi connectivity index (χ4v) is 4.64. The molecule has 7 nitrogen and oxygen atoms in total. The molecule has 0 unspecified atom stereocenters. The second kappa shape index (κ2) is 7.98. The number of rotatable bonds is 5. The highest BCUT2D eigenvalue weighted by Crippen LogP contribution is 2.36. The summed E-state index contributed by atoms with van der Waals surface area (Å²) >= 11 is 7.63. The highest BCUT2D eigenvalue weighted by Gasteiger charge is 2.30. The average Bonchev–Trinajstić information content (AvgIpc) is 3.14. The van der Waals surface area contributed by atoms with Crippen LogP contribution in [0.3, 0.4) is 0 Å². The van der Waals surface area contributed by atoms with Crippen LogP contribution in [0.25, 0.3) is 0 Å². The van der Waals surface area contributed by atoms with Gasteiger partial charge < -0.3 is 15.3 Å². The van der Waals surface area contributed by atoms with Gasteiger partial charge in [0.1, 0.15) is 15.2 Å². The predicted molar refractivity (Wildman–Crippen MR) is 107 cm³/mol. The first-order chi connectivity index (χ1) is 12.8. The molecule has 1 amide bonds. The Labute approximate surface area is 167 Å². The quantitative estimate of drug-likeness (QED) is 0.725. The first-order valence-corrected chi connectivity index (χ1v) is 10.1. The molecule has 9 heteroatoms. The number of nitrogens with zero attached hydrogens (tertiary/aromatic N) is 4. The van der Waals surface area contributed by atoms with Gasteiger partial charge in [-0.25, -0.2) is 9.78 Å². The van der Waals surface area contributed by atoms with Crippen LogP contribution in [0.4, 0.5) is 10.5 Å². The summed E-state index contributed by atoms with van der Waals surface area (Å²) in [7, 11) is 1.87. The molecule has 0 saturated carbocycles. The molecule has 1 aliphatic rings. The second-order valence-electron chi connectivity index (χ2n) is 7.46. The molecule has 146 valence electrons. The van der Waals surface area contributed by atoms with Gasteiger partial charge in [-0.05, 0) is 30.9 Å². The standard InChI is InChI=1S/C18H24ClN5O2S/c1-18(2,9-12-10-21-14(19)8-13(12)20-3)16-23-22-15(27-16)11-4-6-24(7-5-11)17(25)26/h8,10-11H,4-7,9H2,1-3H3,(H,20,21)(H,25,26). The van der Waals surface area contributed by atoms with E-state index in [1.807, 2.05) is 13.1 Å². The summed E-state index contributed by atoms with van der Waals surface area (Å²) in [5.74, 6) is 0.285. The number of aromatic nitrogens is 3. The number of nitrogens with one attached hydrogen (secondary N) is 1. The molecule has 1 aliphatic heterocycles. The van der Waals surface area contributed by atoms with E-state index in [9.17, 15) is 4.79 Å². The van der Waals surface area contributed by atoms with Crippen molar-refractivity contribution in [1.82, 2.24) is 20.1 Å². The minimum absolute atomic E-state index is 0.196. The highest BCUT2D eigenvalue weighted by atomic mass is 35.5. The molecule has 1 fully saturated rings. The number of hydrogen-bond acceptors (Lipinski definition) is 6. The number of anilines is 1. The average molecular weight is 410 g/mol. The van der Waals surface area contributed by atoms with Crippen LogP contribution in [-0.2, 0) is 11.8 Å². The van der Waals surface area contributed by atoms with Crippen LogP contribution < -0.4 is 5.32 Å². The lowest BCUT2D eigenvalue weighted by atomic mass is 9.86. The van der Waals surface area contributed by atoms with Crippen molar-refractivity contribution in [2.75, 3.05) is 25.5 Å². The largest absolute Gasteiger partial charge is 0.465 e. The van der Waals surface area contributed by atoms with Crippen molar-refractivity contribution in [2.24, 2.45) is 0 Å². The molecule has 3 rings (SSSR count). The van der Waals surface area contributed by atoms with Crippen molar-refractivity contribution in [3.05, 3.63) is 33.0 Å². The van der Waals surface area contributed by atoms with Crippen molar-refractivity contribution in [1.29, 1.82) is 0 Å². The number of hydrogen-bond donors (Lipinski definition) is 2. The van der Waals surface area contributed by atoms with Crippen LogP contribution in [-0.4, -0.2) is 51.4 Å². The van der Waals surface area contributed by atoms with Gasteiger partial charge in [-0.3, -0.25) is 0 Å². The summed E-state index contributed by atoms with van der Waals surface area (Å²) < 4.78 is 0. The van der Waals surface area contributed by atoms with Gasteiger partial charge in [0.15, 0.2) is 0 Å². The number of piperidine rings is 1. The molecule has 0 bridgehead atoms. The van der Waals surface area contributed by atoms with E-state index in [1.54, 1.807) is 17.5 Å². The Kier molecular flexibility index (Phi) is 5.86. The van der Waals surface area contributed by atoms with Gasteiger partial charge >= 0.3 is 6.09 Å². The maximum Gasteiger partial charge on any atom is 0.407 e. The third kappa shape index (κ3) is 4.50. The minimum atomic E-state index is -0.843. The Hall–Kier alpha value is -1.93. The third-order valence-electron chi connectivity index (χ3n) is 4.99. The van der Waals surface area contributed by atoms with Crippen LogP contribution >= 0.6 is 22.9 Å². The number of likely N-dealkylation sites (tertiary alicyclic amines) is 1. The summed E-state index contributed by atoms with van der Waals surface area (Å²) in [5.41, 5.74) is 1.85. The first-order valence-electron chi connectivity index (χ1n) is 8.94. The molecule has 0 aliphatic carbocycles. The van der Waals surface area contributed by atoms with Crippen molar-refractivity contribution in [2.45, 2.75) is 44.4 Å². The van der Waals surface area contributed by atoms with E-state index >= 15 is 0 Å². The fraction of sp³-hybridized carbons (Fsp3) is 0.556. The number of halogens is 1. The summed E-state index contributed by atoms with van der Waals surface area (Å²) in [5, 5.41) is 23.6. The molecular formula is C18H24ClN5O2S. The summed E-state index contributed by atoms with van der Waals surface area (Å²) in [6, 6.07) is 1.83. The zero-order chi connectivity index (χ0) is 19.6. The number of carboxylic acid groups (broad SMARTS) is 1. The summed E-state index contributed by atoms with van der Waals surface area (Å²) in [6.07, 6.45) is 3.32. The fourth-order valence-electron chi connectivity index (χ4n) is 3.37. The zero-order valence-electron chi connectivity index (χ0n) is 15.7. The van der Waals surface area contributed by atoms with Gasteiger partial charge in [-0.15, -0.1) is 21.5 Å². The SMILES string of the molecule is CNc1cc(Cl)ncc1CC(C)(C)c1nnc(C2CCN(C(=O)O)CC2)s1. The van der Waals surface area contributed by atoms with E-state index in [0.717, 1.165) is 40.5 Å². The van der Waals surface area contributed by atoms with Gasteiger partial charge in [0.05, 0.1) is 0 Å². The van der Waals surface area contributed by atoms with Crippen LogP contribution in [0, 0.1) is 0 Å². The Morgan fingerprint density at radius 2 is 2.11 bits per heavy atom. The molecule has 2 aromatic rings. The number of carbonyl (C=O) groups is 1. The predicted octanol–water partition coefficient (Wildman–Crippen LogP) is 4.01. The highest BCUT2D eigenvalue weighted by molar-refractivity contribution is 7.11. The van der Waals surface area contributed by atoms with E-state index in [2.05, 4.69) is 34.3 Å². The van der Waals surface area contributed by atoms with Crippen LogP contribution in [0.1, 0.15) is 48.2 Å². The Morgan fingerprint density at radius 1 is 1.41 bits per heavy atom. The molecule has 0 spiro atoms. The van der Waals surface area contributed by atoms with E-state index < -0.39 is 6.09 Å². The van der Waals surface area contributed by atoms with Crippen molar-refractivity contribution in [3.63, 3.8) is 0 Å². The normalized spacial score (nSPS) is 15.8. The van der Waals surface area contributed by atoms with Crippen LogP contribution in [0.5, 0.6) is 0 Å². The number of amides is 1. The maximum absolute atomic E-state index is 11.1. The third-order valence-corrected chi connectivity index (χ3v) is 6.65. The zero-order valence-corrected chi connectivity index (χ0v) is 17.3. The Morgan fingerprint density at radius 3 is 2.74 bits per heavy atom. The van der Waals surface area contributed by atoms with E-state index in [0.29, 0.717) is 18.2 Å². The maximum atomic E-state index is 11.1. The topological polar surface area (TPSA) is 91.2 Å². The van der Waals surface area contributed by atoms with Crippen molar-refractivity contribution >= 4 is 34.7 Å². The molecule has 0 radical (unpaired) electrons. The molecule has 27 heavy (non-hydrogen) atoms. The lowest BCUT2D eigenvalue weighted by Gasteiger charge is -2.28. The lowest BCUT2D eigenvalue weighted by molar-refractivity contribution is 0.132. The molecule has 0 atom stereocenters. The molecular weight excluding hydrogens is 386 g/mol. The molecule has 3 heterocycles. The van der Waals surface area contributed by atoms with Crippen molar-refractivity contribution in [3.8, 4) is 0 Å². The van der Waals surface area contributed by atoms with Gasteiger partial charge in [0.25, 0.3) is 0 Å². The van der Waals surface area contributed by atoms with Gasteiger partial charge in [-0.2, -0.15) is 0 Å². The molecule has 2 N–H and O–H groups in total. The minimum Gasteiger partial charge on any atom is -0.465 e. The van der Waals surface area contributed by atoms with E-state index in [4.69, 9.17) is 16.7 Å². The molecule has 2 aromatic heterocycles. The van der Waals surface area contributed by atoms with E-state index in [1.165, 1.54) is 4.90 Å². The summed E-state index contributed by atoms with van der Waals surface area (Å²) in [6.45, 7) is 5.41. The Bertz CT molecular complexity index is 818. The summed E-state index contributed by atoms with van der Waals surface area (Å²) in [4.78, 5) is 16.7. The molecule has 0 aromatic carbocycles. The first kappa shape index (κ1) is 19.8. The van der Waals surface area contributed by atoms with Gasteiger partial charge in [0, 0.05) is 43.4 Å². The smallest absolute Gasteiger partial charge is 0.407 e. The van der Waals surface area contributed by atoms with Gasteiger partial charge in [-0.1, -0.05) is 25.4 Å². The van der Waals surface area contributed by atoms with Gasteiger partial charge in [0.2, 0.25) is 0 Å². The Balaban J connectivity index is 1.72. The van der Waals surface area contributed by atoms with Crippen LogP contribution in [0.15, 0.2) is 12.3 Å².